The lowest BCUT2D eigenvalue weighted by molar-refractivity contribution is -0.137. The summed E-state index contributed by atoms with van der Waals surface area (Å²) in [7, 11) is 0. The number of carbonyl (C=O) groups excluding carboxylic acids is 1. The molecule has 2 aromatic carbocycles. The van der Waals surface area contributed by atoms with Crippen molar-refractivity contribution in [3.8, 4) is 6.07 Å². The molecule has 2 nitrogen and oxygen atoms in total. The number of fused-ring (bicyclic) bond motifs is 1. The second-order valence-electron chi connectivity index (χ2n) is 5.26. The zero-order valence-electron chi connectivity index (χ0n) is 12.7. The van der Waals surface area contributed by atoms with Crippen LogP contribution in [0, 0.1) is 11.3 Å². The van der Waals surface area contributed by atoms with E-state index in [4.69, 9.17) is 0 Å². The Hall–Kier alpha value is -2.91. The van der Waals surface area contributed by atoms with Gasteiger partial charge in [-0.05, 0) is 29.8 Å². The zero-order valence-corrected chi connectivity index (χ0v) is 13.5. The summed E-state index contributed by atoms with van der Waals surface area (Å²) in [5, 5.41) is 11.7. The molecule has 0 spiro atoms. The number of carbonyl (C=O) groups is 1. The number of nitrogens with zero attached hydrogens (tertiary/aromatic N) is 1. The van der Waals surface area contributed by atoms with E-state index in [1.165, 1.54) is 29.5 Å². The third-order valence-corrected chi connectivity index (χ3v) is 4.60. The van der Waals surface area contributed by atoms with Crippen molar-refractivity contribution in [1.29, 1.82) is 5.26 Å². The summed E-state index contributed by atoms with van der Waals surface area (Å²) < 4.78 is 38.7. The van der Waals surface area contributed by atoms with Gasteiger partial charge in [-0.1, -0.05) is 30.3 Å². The number of allylic oxidation sites excluding steroid dienone is 1. The van der Waals surface area contributed by atoms with E-state index in [9.17, 15) is 23.2 Å². The first-order valence-corrected chi connectivity index (χ1v) is 8.08. The predicted octanol–water partition coefficient (Wildman–Crippen LogP) is 5.71. The molecule has 0 unspecified atom stereocenters. The number of halogens is 3. The van der Waals surface area contributed by atoms with Gasteiger partial charge in [-0.3, -0.25) is 4.79 Å². The van der Waals surface area contributed by atoms with Crippen molar-refractivity contribution in [2.45, 2.75) is 6.18 Å². The highest BCUT2D eigenvalue weighted by molar-refractivity contribution is 7.17. The number of hydrogen-bond acceptors (Lipinski definition) is 3. The average molecular weight is 357 g/mol. The van der Waals surface area contributed by atoms with Crippen molar-refractivity contribution < 1.29 is 18.0 Å². The average Bonchev–Trinajstić information content (AvgIpc) is 3.03. The molecule has 0 amide bonds. The van der Waals surface area contributed by atoms with Crippen molar-refractivity contribution >= 4 is 33.3 Å². The third kappa shape index (κ3) is 3.47. The van der Waals surface area contributed by atoms with Gasteiger partial charge in [-0.2, -0.15) is 18.4 Å². The lowest BCUT2D eigenvalue weighted by Crippen LogP contribution is -2.04. The molecular weight excluding hydrogens is 347 g/mol. The van der Waals surface area contributed by atoms with Crippen molar-refractivity contribution in [2.75, 3.05) is 0 Å². The van der Waals surface area contributed by atoms with Crippen LogP contribution >= 0.6 is 11.3 Å². The van der Waals surface area contributed by atoms with Crippen LogP contribution in [0.1, 0.15) is 21.5 Å². The molecule has 0 fully saturated rings. The molecule has 0 radical (unpaired) electrons. The first-order valence-electron chi connectivity index (χ1n) is 7.20. The van der Waals surface area contributed by atoms with Crippen molar-refractivity contribution in [3.63, 3.8) is 0 Å². The topological polar surface area (TPSA) is 40.9 Å². The summed E-state index contributed by atoms with van der Waals surface area (Å²) in [6, 6.07) is 13.5. The monoisotopic (exact) mass is 357 g/mol. The number of Topliss-reactive ketones (excluding diaryl/α,β-unsaturated/α-hetero) is 1. The Bertz CT molecular complexity index is 1010. The van der Waals surface area contributed by atoms with Crippen LogP contribution in [0.2, 0.25) is 0 Å². The lowest BCUT2D eigenvalue weighted by atomic mass is 10.0. The van der Waals surface area contributed by atoms with Gasteiger partial charge in [0.2, 0.25) is 5.78 Å². The minimum atomic E-state index is -4.42. The smallest absolute Gasteiger partial charge is 0.288 e. The maximum Gasteiger partial charge on any atom is 0.416 e. The number of ketones is 1. The van der Waals surface area contributed by atoms with Gasteiger partial charge in [0.05, 0.1) is 5.56 Å². The first kappa shape index (κ1) is 16.9. The number of thiophene rings is 1. The molecule has 124 valence electrons. The van der Waals surface area contributed by atoms with Crippen molar-refractivity contribution in [2.24, 2.45) is 0 Å². The predicted molar refractivity (Wildman–Crippen MR) is 91.2 cm³/mol. The first-order chi connectivity index (χ1) is 11.9. The molecule has 6 heteroatoms. The highest BCUT2D eigenvalue weighted by atomic mass is 32.1. The van der Waals surface area contributed by atoms with E-state index < -0.39 is 17.5 Å². The fourth-order valence-corrected chi connectivity index (χ4v) is 3.32. The van der Waals surface area contributed by atoms with Crippen LogP contribution in [-0.4, -0.2) is 5.78 Å². The van der Waals surface area contributed by atoms with Gasteiger partial charge in [0.1, 0.15) is 11.6 Å². The largest absolute Gasteiger partial charge is 0.416 e. The number of nitriles is 1. The van der Waals surface area contributed by atoms with Crippen LogP contribution in [0.5, 0.6) is 0 Å². The van der Waals surface area contributed by atoms with Gasteiger partial charge in [-0.15, -0.1) is 11.3 Å². The van der Waals surface area contributed by atoms with Gasteiger partial charge in [0.25, 0.3) is 0 Å². The molecule has 0 atom stereocenters. The summed E-state index contributed by atoms with van der Waals surface area (Å²) in [5.74, 6) is -0.445. The fraction of sp³-hybridized carbons (Fsp3) is 0.0526. The van der Waals surface area contributed by atoms with E-state index in [1.54, 1.807) is 17.5 Å². The Balaban J connectivity index is 1.95. The highest BCUT2D eigenvalue weighted by Gasteiger charge is 2.29. The van der Waals surface area contributed by atoms with Crippen LogP contribution in [0.3, 0.4) is 0 Å². The number of alkyl halides is 3. The molecule has 1 aromatic heterocycles. The number of hydrogen-bond donors (Lipinski definition) is 0. The Kier molecular flexibility index (Phi) is 4.43. The maximum atomic E-state index is 12.6. The Morgan fingerprint density at radius 3 is 2.40 bits per heavy atom. The molecule has 0 saturated carbocycles. The van der Waals surface area contributed by atoms with Crippen LogP contribution < -0.4 is 0 Å². The van der Waals surface area contributed by atoms with E-state index in [-0.39, 0.29) is 5.57 Å². The zero-order chi connectivity index (χ0) is 18.0. The second-order valence-corrected chi connectivity index (χ2v) is 6.18. The van der Waals surface area contributed by atoms with Gasteiger partial charge in [-0.25, -0.2) is 0 Å². The normalized spacial score (nSPS) is 12.2. The molecule has 1 heterocycles. The summed E-state index contributed by atoms with van der Waals surface area (Å²) in [4.78, 5) is 12.6. The number of benzene rings is 2. The van der Waals surface area contributed by atoms with Crippen LogP contribution in [0.15, 0.2) is 59.5 Å². The molecule has 0 aliphatic rings. The summed E-state index contributed by atoms with van der Waals surface area (Å²) in [5.41, 5.74) is -0.126. The van der Waals surface area contributed by atoms with Gasteiger partial charge in [0.15, 0.2) is 0 Å². The molecule has 0 saturated heterocycles. The van der Waals surface area contributed by atoms with Crippen molar-refractivity contribution in [3.05, 3.63) is 76.2 Å². The van der Waals surface area contributed by atoms with Gasteiger partial charge in [0, 0.05) is 21.0 Å². The van der Waals surface area contributed by atoms with Crippen molar-refractivity contribution in [1.82, 2.24) is 0 Å². The van der Waals surface area contributed by atoms with E-state index >= 15 is 0 Å². The quantitative estimate of drug-likeness (QED) is 0.342. The number of rotatable bonds is 3. The SMILES string of the molecule is N#C/C(=C\c1ccc(C(F)(F)F)cc1)C(=O)c1csc2ccccc12. The second kappa shape index (κ2) is 6.54. The molecular formula is C19H10F3NOS. The highest BCUT2D eigenvalue weighted by Crippen LogP contribution is 2.30. The van der Waals surface area contributed by atoms with Gasteiger partial charge < -0.3 is 0 Å². The minimum absolute atomic E-state index is 0.122. The minimum Gasteiger partial charge on any atom is -0.288 e. The van der Waals surface area contributed by atoms with E-state index in [1.807, 2.05) is 18.2 Å². The molecule has 3 aromatic rings. The Morgan fingerprint density at radius 2 is 1.76 bits per heavy atom. The molecule has 0 N–H and O–H groups in total. The molecule has 0 bridgehead atoms. The van der Waals surface area contributed by atoms with E-state index in [0.717, 1.165) is 22.2 Å². The third-order valence-electron chi connectivity index (χ3n) is 3.64. The lowest BCUT2D eigenvalue weighted by Gasteiger charge is -2.06. The summed E-state index contributed by atoms with van der Waals surface area (Å²) in [6.45, 7) is 0. The van der Waals surface area contributed by atoms with Crippen LogP contribution in [0.25, 0.3) is 16.2 Å². The standard InChI is InChI=1S/C19H10F3NOS/c20-19(21,22)14-7-5-12(6-8-14)9-13(10-23)18(24)16-11-25-17-4-2-1-3-15(16)17/h1-9,11H/b13-9+. The summed E-state index contributed by atoms with van der Waals surface area (Å²) >= 11 is 1.40. The van der Waals surface area contributed by atoms with Crippen LogP contribution in [0.4, 0.5) is 13.2 Å². The molecule has 25 heavy (non-hydrogen) atoms. The molecule has 3 rings (SSSR count). The van der Waals surface area contributed by atoms with Gasteiger partial charge >= 0.3 is 6.18 Å². The van der Waals surface area contributed by atoms with E-state index in [2.05, 4.69) is 0 Å². The summed E-state index contributed by atoms with van der Waals surface area (Å²) in [6.07, 6.45) is -3.12. The van der Waals surface area contributed by atoms with Crippen LogP contribution in [-0.2, 0) is 6.18 Å². The van der Waals surface area contributed by atoms with E-state index in [0.29, 0.717) is 11.1 Å². The fourth-order valence-electron chi connectivity index (χ4n) is 2.38. The Labute approximate surface area is 145 Å². The molecule has 0 aliphatic carbocycles. The maximum absolute atomic E-state index is 12.6. The Morgan fingerprint density at radius 1 is 1.08 bits per heavy atom. The molecule has 0 aliphatic heterocycles.